The number of benzene rings is 1. The van der Waals surface area contributed by atoms with Crippen molar-refractivity contribution in [1.29, 1.82) is 0 Å². The maximum absolute atomic E-state index is 3.45. The first-order valence-electron chi connectivity index (χ1n) is 8.76. The number of hydrogen-bond acceptors (Lipinski definition) is 0. The Hall–Kier alpha value is -0.820. The van der Waals surface area contributed by atoms with Crippen LogP contribution in [-0.4, -0.2) is 0 Å². The number of hydrogen-bond donors (Lipinski definition) is 0. The topological polar surface area (TPSA) is 0 Å². The molecule has 0 spiro atoms. The molecule has 1 aliphatic rings. The Morgan fingerprint density at radius 3 is 2.04 bits per heavy atom. The molecule has 2 aromatic carbocycles. The van der Waals surface area contributed by atoms with Crippen molar-refractivity contribution < 1.29 is 25.8 Å². The van der Waals surface area contributed by atoms with E-state index in [9.17, 15) is 0 Å². The first kappa shape index (κ1) is 21.2. The van der Waals surface area contributed by atoms with Crippen LogP contribution in [0.4, 0.5) is 0 Å². The van der Waals surface area contributed by atoms with Gasteiger partial charge in [-0.15, -0.1) is 11.6 Å². The van der Waals surface area contributed by atoms with Gasteiger partial charge >= 0.3 is 0 Å². The van der Waals surface area contributed by atoms with Crippen LogP contribution in [0.5, 0.6) is 0 Å². The van der Waals surface area contributed by atoms with Gasteiger partial charge in [0.1, 0.15) is 0 Å². The van der Waals surface area contributed by atoms with Crippen LogP contribution >= 0.6 is 0 Å². The molecule has 0 saturated heterocycles. The van der Waals surface area contributed by atoms with Crippen LogP contribution in [0.1, 0.15) is 65.1 Å². The van der Waals surface area contributed by atoms with Gasteiger partial charge in [0, 0.05) is 25.8 Å². The maximum atomic E-state index is 3.45. The molecule has 1 heteroatoms. The van der Waals surface area contributed by atoms with Crippen molar-refractivity contribution in [2.24, 2.45) is 5.92 Å². The Labute approximate surface area is 167 Å². The fourth-order valence-electron chi connectivity index (χ4n) is 3.31. The molecule has 2 atom stereocenters. The summed E-state index contributed by atoms with van der Waals surface area (Å²) in [4.78, 5) is 0. The molecular formula is C23H30Hf-2. The van der Waals surface area contributed by atoms with Gasteiger partial charge in [0.15, 0.2) is 0 Å². The van der Waals surface area contributed by atoms with Crippen molar-refractivity contribution in [2.45, 2.75) is 60.8 Å². The van der Waals surface area contributed by atoms with Crippen LogP contribution in [-0.2, 0) is 25.8 Å². The third-order valence-electron chi connectivity index (χ3n) is 5.77. The Balaban J connectivity index is 0.000000238. The fraction of sp³-hybridized carbons (Fsp3) is 0.435. The number of allylic oxidation sites excluding steroid dienone is 1. The molecule has 24 heavy (non-hydrogen) atoms. The van der Waals surface area contributed by atoms with Crippen molar-refractivity contribution in [3.63, 3.8) is 0 Å². The third kappa shape index (κ3) is 4.23. The first-order valence-corrected chi connectivity index (χ1v) is 8.76. The van der Waals surface area contributed by atoms with Crippen LogP contribution in [0.3, 0.4) is 0 Å². The van der Waals surface area contributed by atoms with E-state index in [1.54, 1.807) is 0 Å². The molecule has 3 rings (SSSR count). The maximum Gasteiger partial charge on any atom is 0 e. The molecule has 0 radical (unpaired) electrons. The summed E-state index contributed by atoms with van der Waals surface area (Å²) < 4.78 is 0. The van der Waals surface area contributed by atoms with E-state index in [2.05, 4.69) is 84.9 Å². The van der Waals surface area contributed by atoms with E-state index in [1.807, 2.05) is 0 Å². The predicted octanol–water partition coefficient (Wildman–Crippen LogP) is 6.59. The molecule has 0 N–H and O–H groups in total. The number of rotatable bonds is 2. The Kier molecular flexibility index (Phi) is 7.99. The summed E-state index contributed by atoms with van der Waals surface area (Å²) in [5.74, 6) is 1.24. The van der Waals surface area contributed by atoms with Gasteiger partial charge in [-0.3, -0.25) is 6.08 Å². The molecule has 0 amide bonds. The molecule has 0 aliphatic heterocycles. The van der Waals surface area contributed by atoms with Gasteiger partial charge in [0.25, 0.3) is 0 Å². The molecule has 0 nitrogen and oxygen atoms in total. The zero-order valence-electron chi connectivity index (χ0n) is 16.2. The van der Waals surface area contributed by atoms with Gasteiger partial charge in [0.05, 0.1) is 0 Å². The van der Waals surface area contributed by atoms with Gasteiger partial charge in [0.2, 0.25) is 0 Å². The molecule has 2 unspecified atom stereocenters. The summed E-state index contributed by atoms with van der Waals surface area (Å²) in [6, 6.07) is 8.61. The summed E-state index contributed by atoms with van der Waals surface area (Å²) in [5, 5.41) is 0. The standard InChI is InChI=1S/C13H15.C10H15.Hf/c1-3-10(2)12-9-8-11-6-4-5-7-13(11)12;1-6-7(2)9(4)10(5)8(6)3;/h4-8,10,12H,3H2,1-2H3;1-5H3;/q2*-1;. The average Bonchev–Trinajstić information content (AvgIpc) is 3.08. The summed E-state index contributed by atoms with van der Waals surface area (Å²) >= 11 is 0. The van der Waals surface area contributed by atoms with E-state index in [0.29, 0.717) is 11.8 Å². The van der Waals surface area contributed by atoms with Crippen LogP contribution in [0.15, 0.2) is 24.3 Å². The molecule has 0 saturated carbocycles. The molecule has 2 aromatic rings. The average molecular weight is 485 g/mol. The zero-order chi connectivity index (χ0) is 17.1. The zero-order valence-corrected chi connectivity index (χ0v) is 19.8. The van der Waals surface area contributed by atoms with Gasteiger partial charge in [-0.05, 0) is 0 Å². The second-order valence-electron chi connectivity index (χ2n) is 6.93. The quantitative estimate of drug-likeness (QED) is 0.333. The fourth-order valence-corrected chi connectivity index (χ4v) is 3.31. The second kappa shape index (κ2) is 9.04. The smallest absolute Gasteiger partial charge is 0 e. The van der Waals surface area contributed by atoms with Crippen molar-refractivity contribution in [1.82, 2.24) is 0 Å². The monoisotopic (exact) mass is 486 g/mol. The van der Waals surface area contributed by atoms with Crippen LogP contribution in [0.2, 0.25) is 0 Å². The predicted molar refractivity (Wildman–Crippen MR) is 102 cm³/mol. The van der Waals surface area contributed by atoms with Gasteiger partial charge < -0.3 is 0 Å². The second-order valence-corrected chi connectivity index (χ2v) is 6.93. The molecule has 0 bridgehead atoms. The minimum atomic E-state index is 0. The van der Waals surface area contributed by atoms with E-state index in [0.717, 1.165) is 0 Å². The minimum absolute atomic E-state index is 0. The minimum Gasteiger partial charge on any atom is -0.268 e. The Morgan fingerprint density at radius 2 is 1.58 bits per heavy atom. The molecule has 0 heterocycles. The summed E-state index contributed by atoms with van der Waals surface area (Å²) in [7, 11) is 0. The van der Waals surface area contributed by atoms with Crippen LogP contribution in [0, 0.1) is 46.6 Å². The van der Waals surface area contributed by atoms with Gasteiger partial charge in [-0.2, -0.15) is 33.4 Å². The van der Waals surface area contributed by atoms with E-state index in [-0.39, 0.29) is 25.8 Å². The van der Waals surface area contributed by atoms with E-state index >= 15 is 0 Å². The molecule has 0 aromatic heterocycles. The van der Waals surface area contributed by atoms with Gasteiger partial charge in [-0.25, -0.2) is 6.08 Å². The van der Waals surface area contributed by atoms with Crippen molar-refractivity contribution in [3.8, 4) is 0 Å². The molecule has 0 fully saturated rings. The van der Waals surface area contributed by atoms with Crippen molar-refractivity contribution in [2.75, 3.05) is 0 Å². The SMILES string of the molecule is CCC(C)C1[C-]=Cc2ccccc21.Cc1c(C)c(C)[c-](C)c1C.[Hf]. The van der Waals surface area contributed by atoms with E-state index < -0.39 is 0 Å². The Bertz CT molecular complexity index is 623. The normalized spacial score (nSPS) is 16.0. The van der Waals surface area contributed by atoms with Crippen molar-refractivity contribution in [3.05, 3.63) is 69.3 Å². The Morgan fingerprint density at radius 1 is 1.04 bits per heavy atom. The first-order chi connectivity index (χ1) is 10.9. The van der Waals surface area contributed by atoms with E-state index in [4.69, 9.17) is 0 Å². The molecule has 128 valence electrons. The van der Waals surface area contributed by atoms with Gasteiger partial charge in [-0.1, -0.05) is 84.9 Å². The molecule has 1 aliphatic carbocycles. The number of fused-ring (bicyclic) bond motifs is 1. The summed E-state index contributed by atoms with van der Waals surface area (Å²) in [6.45, 7) is 15.5. The third-order valence-corrected chi connectivity index (χ3v) is 5.77. The van der Waals surface area contributed by atoms with E-state index in [1.165, 1.54) is 45.4 Å². The largest absolute Gasteiger partial charge is 0.268 e. The molecular weight excluding hydrogens is 455 g/mol. The van der Waals surface area contributed by atoms with Crippen LogP contribution in [0.25, 0.3) is 6.08 Å². The summed E-state index contributed by atoms with van der Waals surface area (Å²) in [6.07, 6.45) is 6.80. The van der Waals surface area contributed by atoms with Crippen LogP contribution < -0.4 is 0 Å². The summed E-state index contributed by atoms with van der Waals surface area (Å²) in [5.41, 5.74) is 10.1. The van der Waals surface area contributed by atoms with Crippen molar-refractivity contribution >= 4 is 6.08 Å².